The monoisotopic (exact) mass is 1010 g/mol. The maximum absolute atomic E-state index is 5.46. The first-order valence-electron chi connectivity index (χ1n) is 28.0. The van der Waals surface area contributed by atoms with Gasteiger partial charge in [-0.25, -0.2) is 5.32 Å². The zero-order chi connectivity index (χ0) is 55.0. The Morgan fingerprint density at radius 2 is 0.632 bits per heavy atom. The van der Waals surface area contributed by atoms with Gasteiger partial charge in [-0.3, -0.25) is 0 Å². The molecule has 0 amide bonds. The predicted molar refractivity (Wildman–Crippen MR) is 326 cm³/mol. The smallest absolute Gasteiger partial charge is 0.435 e. The predicted octanol–water partition coefficient (Wildman–Crippen LogP) is 14.6. The van der Waals surface area contributed by atoms with E-state index < -0.39 is 0 Å². The van der Waals surface area contributed by atoms with Crippen molar-refractivity contribution in [3.8, 4) is 0 Å². The van der Waals surface area contributed by atoms with Gasteiger partial charge >= 0.3 is 37.7 Å². The molecule has 396 valence electrons. The molecule has 4 nitrogen and oxygen atoms in total. The van der Waals surface area contributed by atoms with Crippen molar-refractivity contribution in [3.63, 3.8) is 0 Å². The normalized spacial score (nSPS) is 12.4. The molecule has 0 saturated heterocycles. The van der Waals surface area contributed by atoms with Crippen LogP contribution in [0.25, 0.3) is 10.6 Å². The third-order valence-electron chi connectivity index (χ3n) is 14.3. The van der Waals surface area contributed by atoms with Crippen LogP contribution in [0.5, 0.6) is 0 Å². The van der Waals surface area contributed by atoms with Gasteiger partial charge in [0.2, 0.25) is 0 Å². The van der Waals surface area contributed by atoms with Gasteiger partial charge in [0.1, 0.15) is 5.84 Å². The van der Waals surface area contributed by atoms with E-state index in [4.69, 9.17) is 15.6 Å². The largest absolute Gasteiger partial charge is 1.00 e. The standard InChI is InChI=1S/2C35H47N2.2Li/c2*1-22(2)28-14-12-15-29(23(3)4)32(28)36-34(26-18-20-27(21-19-26)35(9,10)11)37-33-30(24(5)6)16-13-17-31(33)25(7)8;;/h2*12-25H,1-11H3;;/q2*-1;2*+1/p+1. The van der Waals surface area contributed by atoms with Gasteiger partial charge in [-0.15, -0.1) is 0 Å². The molecule has 76 heavy (non-hydrogen) atoms. The summed E-state index contributed by atoms with van der Waals surface area (Å²) in [5.41, 5.74) is 19.7. The van der Waals surface area contributed by atoms with Crippen LogP contribution in [0.2, 0.25) is 0 Å². The van der Waals surface area contributed by atoms with Gasteiger partial charge in [-0.2, -0.15) is 0 Å². The van der Waals surface area contributed by atoms with E-state index >= 15 is 0 Å². The van der Waals surface area contributed by atoms with E-state index in [1.807, 2.05) is 0 Å². The van der Waals surface area contributed by atoms with Gasteiger partial charge in [-0.1, -0.05) is 279 Å². The Morgan fingerprint density at radius 1 is 0.355 bits per heavy atom. The summed E-state index contributed by atoms with van der Waals surface area (Å²) in [6, 6.07) is 44.4. The summed E-state index contributed by atoms with van der Waals surface area (Å²) in [6.45, 7) is 49.6. The Morgan fingerprint density at radius 3 is 0.934 bits per heavy atom. The quantitative estimate of drug-likeness (QED) is 0.0642. The number of nitrogens with zero attached hydrogens (tertiary/aromatic N) is 3. The second-order valence-electron chi connectivity index (χ2n) is 25.2. The van der Waals surface area contributed by atoms with Crippen LogP contribution < -0.4 is 42.7 Å². The van der Waals surface area contributed by atoms with Crippen LogP contribution in [0.4, 0.5) is 22.7 Å². The summed E-state index contributed by atoms with van der Waals surface area (Å²) in [7, 11) is 0. The average Bonchev–Trinajstić information content (AvgIpc) is 3.32. The summed E-state index contributed by atoms with van der Waals surface area (Å²) in [4.78, 5) is 9.29. The number of benzene rings is 6. The number of hydrogen-bond acceptors (Lipinski definition) is 1. The van der Waals surface area contributed by atoms with E-state index in [2.05, 4.69) is 279 Å². The van der Waals surface area contributed by atoms with Gasteiger partial charge in [0, 0.05) is 11.3 Å². The second-order valence-corrected chi connectivity index (χ2v) is 25.2. The van der Waals surface area contributed by atoms with Crippen molar-refractivity contribution in [2.45, 2.75) is 210 Å². The summed E-state index contributed by atoms with van der Waals surface area (Å²) < 4.78 is 0. The fourth-order valence-corrected chi connectivity index (χ4v) is 9.63. The van der Waals surface area contributed by atoms with Crippen molar-refractivity contribution < 1.29 is 42.7 Å². The molecule has 0 unspecified atom stereocenters. The number of para-hydroxylation sites is 4. The molecule has 0 radical (unpaired) electrons. The van der Waals surface area contributed by atoms with Crippen LogP contribution in [-0.2, 0) is 10.8 Å². The van der Waals surface area contributed by atoms with Crippen molar-refractivity contribution in [3.05, 3.63) is 199 Å². The molecule has 6 rings (SSSR count). The summed E-state index contributed by atoms with van der Waals surface area (Å²) in [5.74, 6) is 4.75. The Kier molecular flexibility index (Phi) is 24.5. The van der Waals surface area contributed by atoms with Crippen molar-refractivity contribution in [2.75, 3.05) is 0 Å². The molecule has 6 aromatic carbocycles. The molecule has 6 aromatic rings. The van der Waals surface area contributed by atoms with Gasteiger partial charge in [0.25, 0.3) is 0 Å². The van der Waals surface area contributed by atoms with E-state index in [1.54, 1.807) is 0 Å². The maximum Gasteiger partial charge on any atom is 1.00 e. The number of aliphatic imine (C=N–C) groups is 1. The fraction of sp³-hybridized carbons (Fsp3) is 0.457. The molecule has 0 bridgehead atoms. The molecule has 0 spiro atoms. The first-order valence-corrected chi connectivity index (χ1v) is 28.0. The third kappa shape index (κ3) is 16.7. The Bertz CT molecular complexity index is 2540. The van der Waals surface area contributed by atoms with E-state index in [-0.39, 0.29) is 48.6 Å². The molecular weight excluding hydrogens is 911 g/mol. The van der Waals surface area contributed by atoms with Crippen molar-refractivity contribution >= 4 is 34.4 Å². The first kappa shape index (κ1) is 65.7. The Balaban J connectivity index is 0.000000390. The molecule has 0 aliphatic rings. The molecule has 0 aromatic heterocycles. The van der Waals surface area contributed by atoms with E-state index in [0.29, 0.717) is 47.3 Å². The van der Waals surface area contributed by atoms with Crippen LogP contribution in [0.15, 0.2) is 126 Å². The zero-order valence-corrected chi connectivity index (χ0v) is 52.0. The Hall–Kier alpha value is -4.55. The van der Waals surface area contributed by atoms with Crippen LogP contribution in [0, 0.1) is 0 Å². The fourth-order valence-electron chi connectivity index (χ4n) is 9.63. The number of hydrogen-bond donors (Lipinski definition) is 1. The molecule has 0 fully saturated rings. The first-order chi connectivity index (χ1) is 34.6. The minimum atomic E-state index is 0. The molecule has 1 N–H and O–H groups in total. The number of nitrogens with one attached hydrogen (secondary N) is 1. The van der Waals surface area contributed by atoms with Crippen molar-refractivity contribution in [2.24, 2.45) is 4.99 Å². The van der Waals surface area contributed by atoms with Crippen LogP contribution in [0.1, 0.15) is 266 Å². The molecule has 6 heteroatoms. The third-order valence-corrected chi connectivity index (χ3v) is 14.3. The summed E-state index contributed by atoms with van der Waals surface area (Å²) >= 11 is 0. The van der Waals surface area contributed by atoms with Gasteiger partial charge < -0.3 is 15.3 Å². The molecule has 0 saturated carbocycles. The van der Waals surface area contributed by atoms with Crippen molar-refractivity contribution in [1.82, 2.24) is 0 Å². The van der Waals surface area contributed by atoms with Crippen LogP contribution in [0.3, 0.4) is 0 Å². The molecular formula is C70H95Li2N4+. The molecule has 0 aliphatic carbocycles. The van der Waals surface area contributed by atoms with Crippen LogP contribution in [-0.4, -0.2) is 11.7 Å². The molecule has 0 heterocycles. The zero-order valence-electron chi connectivity index (χ0n) is 52.0. The minimum absolute atomic E-state index is 0. The summed E-state index contributed by atoms with van der Waals surface area (Å²) in [5, 5.41) is 10.9. The molecule has 0 atom stereocenters. The average molecular weight is 1010 g/mol. The van der Waals surface area contributed by atoms with Gasteiger partial charge in [0.15, 0.2) is 0 Å². The second kappa shape index (κ2) is 28.4. The summed E-state index contributed by atoms with van der Waals surface area (Å²) in [6.07, 6.45) is 0. The van der Waals surface area contributed by atoms with Crippen molar-refractivity contribution in [1.29, 1.82) is 0 Å². The van der Waals surface area contributed by atoms with E-state index in [9.17, 15) is 0 Å². The number of rotatable bonds is 14. The topological polar surface area (TPSA) is 54.5 Å². The Labute approximate surface area is 488 Å². The van der Waals surface area contributed by atoms with Gasteiger partial charge in [0.05, 0.1) is 5.69 Å². The SMILES string of the molecule is CC(C)c1cccc(C(C)C)c1N=C([N-]c1c(C(C)C)cccc1C(C)C)c1ccc(C(C)(C)C)cc1.CC(C)c1cccc(C(C)C)c1[N-]C(=[NH+]c1c(C(C)C)cccc1C(C)C)c1ccc(C(C)(C)C)cc1.[Li+].[Li+]. The van der Waals surface area contributed by atoms with E-state index in [0.717, 1.165) is 39.9 Å². The number of amidine groups is 2. The van der Waals surface area contributed by atoms with E-state index in [1.165, 1.54) is 61.3 Å². The van der Waals surface area contributed by atoms with Gasteiger partial charge in [-0.05, 0) is 131 Å². The van der Waals surface area contributed by atoms with Crippen LogP contribution >= 0.6 is 0 Å². The molecule has 0 aliphatic heterocycles. The minimum Gasteiger partial charge on any atom is -0.435 e. The maximum atomic E-state index is 5.46.